The summed E-state index contributed by atoms with van der Waals surface area (Å²) < 4.78 is 2.00. The van der Waals surface area contributed by atoms with Crippen LogP contribution in [0.3, 0.4) is 0 Å². The molecule has 25 heavy (non-hydrogen) atoms. The van der Waals surface area contributed by atoms with Crippen molar-refractivity contribution in [1.82, 2.24) is 9.99 Å². The molecule has 1 heterocycles. The van der Waals surface area contributed by atoms with Gasteiger partial charge in [-0.1, -0.05) is 47.5 Å². The van der Waals surface area contributed by atoms with Crippen LogP contribution in [-0.4, -0.2) is 16.8 Å². The summed E-state index contributed by atoms with van der Waals surface area (Å²) in [5.41, 5.74) is 6.13. The van der Waals surface area contributed by atoms with E-state index in [0.29, 0.717) is 10.8 Å². The predicted molar refractivity (Wildman–Crippen MR) is 104 cm³/mol. The molecule has 0 radical (unpaired) electrons. The molecule has 0 saturated carbocycles. The number of rotatable bonds is 4. The average molecular weight is 355 g/mol. The molecular formula is C19H19ClN4O. The predicted octanol–water partition coefficient (Wildman–Crippen LogP) is 4.78. The molecule has 0 aliphatic rings. The number of hydrogen-bond donors (Lipinski definition) is 2. The highest BCUT2D eigenvalue weighted by Crippen LogP contribution is 2.28. The van der Waals surface area contributed by atoms with Crippen molar-refractivity contribution in [3.8, 4) is 0 Å². The zero-order valence-corrected chi connectivity index (χ0v) is 14.8. The molecule has 0 unspecified atom stereocenters. The van der Waals surface area contributed by atoms with Crippen LogP contribution in [0, 0.1) is 6.92 Å². The number of urea groups is 1. The lowest BCUT2D eigenvalue weighted by atomic mass is 10.2. The number of carbonyl (C=O) groups is 1. The normalized spacial score (nSPS) is 11.2. The lowest BCUT2D eigenvalue weighted by molar-refractivity contribution is 0.252. The van der Waals surface area contributed by atoms with Crippen LogP contribution < -0.4 is 10.7 Å². The maximum absolute atomic E-state index is 11.9. The lowest BCUT2D eigenvalue weighted by Gasteiger charge is -2.04. The molecule has 2 aromatic carbocycles. The van der Waals surface area contributed by atoms with Crippen LogP contribution in [0.2, 0.25) is 5.15 Å². The lowest BCUT2D eigenvalue weighted by Crippen LogP contribution is -2.24. The third kappa shape index (κ3) is 3.67. The summed E-state index contributed by atoms with van der Waals surface area (Å²) >= 11 is 6.46. The fraction of sp³-hybridized carbons (Fsp3) is 0.158. The third-order valence-corrected chi connectivity index (χ3v) is 4.34. The Morgan fingerprint density at radius 2 is 1.92 bits per heavy atom. The Morgan fingerprint density at radius 1 is 1.20 bits per heavy atom. The molecule has 0 spiro atoms. The van der Waals surface area contributed by atoms with Crippen LogP contribution in [0.1, 0.15) is 18.1 Å². The highest BCUT2D eigenvalue weighted by molar-refractivity contribution is 6.34. The van der Waals surface area contributed by atoms with E-state index in [1.165, 1.54) is 0 Å². The molecule has 0 fully saturated rings. The number of para-hydroxylation sites is 1. The number of benzene rings is 2. The maximum Gasteiger partial charge on any atom is 0.339 e. The first-order valence-electron chi connectivity index (χ1n) is 8.03. The molecule has 3 rings (SSSR count). The molecule has 5 nitrogen and oxygen atoms in total. The van der Waals surface area contributed by atoms with Gasteiger partial charge in [-0.25, -0.2) is 10.2 Å². The Labute approximate surface area is 151 Å². The van der Waals surface area contributed by atoms with E-state index in [1.54, 1.807) is 6.21 Å². The van der Waals surface area contributed by atoms with Crippen molar-refractivity contribution in [2.24, 2.45) is 5.10 Å². The van der Waals surface area contributed by atoms with Crippen molar-refractivity contribution < 1.29 is 4.79 Å². The maximum atomic E-state index is 11.9. The number of nitrogens with one attached hydrogen (secondary N) is 2. The van der Waals surface area contributed by atoms with Gasteiger partial charge < -0.3 is 9.88 Å². The molecule has 0 aliphatic carbocycles. The van der Waals surface area contributed by atoms with Crippen molar-refractivity contribution in [2.75, 3.05) is 5.32 Å². The van der Waals surface area contributed by atoms with Gasteiger partial charge in [0.1, 0.15) is 5.15 Å². The van der Waals surface area contributed by atoms with E-state index in [0.717, 1.165) is 28.6 Å². The molecule has 3 aromatic rings. The Balaban J connectivity index is 1.74. The van der Waals surface area contributed by atoms with Gasteiger partial charge in [0.25, 0.3) is 0 Å². The standard InChI is InChI=1S/C19H19ClN4O/c1-3-24-17-7-5-4-6-15(17)16(18(24)20)12-21-23-19(25)22-14-10-8-13(2)9-11-14/h4-12H,3H2,1-2H3,(H2,22,23,25)/b21-12+. The van der Waals surface area contributed by atoms with Crippen molar-refractivity contribution in [3.63, 3.8) is 0 Å². The third-order valence-electron chi connectivity index (χ3n) is 3.93. The zero-order chi connectivity index (χ0) is 17.8. The summed E-state index contributed by atoms with van der Waals surface area (Å²) in [6.45, 7) is 4.78. The van der Waals surface area contributed by atoms with Crippen LogP contribution in [0.25, 0.3) is 10.9 Å². The highest BCUT2D eigenvalue weighted by Gasteiger charge is 2.12. The summed E-state index contributed by atoms with van der Waals surface area (Å²) in [5.74, 6) is 0. The van der Waals surface area contributed by atoms with Crippen molar-refractivity contribution >= 4 is 40.4 Å². The first kappa shape index (κ1) is 17.0. The quantitative estimate of drug-likeness (QED) is 0.514. The summed E-state index contributed by atoms with van der Waals surface area (Å²) in [6, 6.07) is 15.0. The number of aromatic nitrogens is 1. The molecule has 6 heteroatoms. The molecule has 128 valence electrons. The Bertz CT molecular complexity index is 928. The zero-order valence-electron chi connectivity index (χ0n) is 14.1. The van der Waals surface area contributed by atoms with Gasteiger partial charge in [0.15, 0.2) is 0 Å². The van der Waals surface area contributed by atoms with E-state index in [1.807, 2.05) is 66.9 Å². The SMILES string of the molecule is CCn1c(Cl)c(/C=N/NC(=O)Nc2ccc(C)cc2)c2ccccc21. The first-order chi connectivity index (χ1) is 12.1. The summed E-state index contributed by atoms with van der Waals surface area (Å²) in [7, 11) is 0. The Kier molecular flexibility index (Phi) is 5.05. The number of nitrogens with zero attached hydrogens (tertiary/aromatic N) is 2. The Morgan fingerprint density at radius 3 is 2.64 bits per heavy atom. The topological polar surface area (TPSA) is 58.4 Å². The van der Waals surface area contributed by atoms with Gasteiger partial charge in [0.2, 0.25) is 0 Å². The number of halogens is 1. The van der Waals surface area contributed by atoms with Gasteiger partial charge in [0.05, 0.1) is 6.21 Å². The second-order valence-corrected chi connectivity index (χ2v) is 6.01. The number of amides is 2. The van der Waals surface area contributed by atoms with Crippen LogP contribution in [0.4, 0.5) is 10.5 Å². The van der Waals surface area contributed by atoms with Gasteiger partial charge in [-0.2, -0.15) is 5.10 Å². The van der Waals surface area contributed by atoms with E-state index in [9.17, 15) is 4.79 Å². The first-order valence-corrected chi connectivity index (χ1v) is 8.41. The fourth-order valence-electron chi connectivity index (χ4n) is 2.68. The second-order valence-electron chi connectivity index (χ2n) is 5.66. The van der Waals surface area contributed by atoms with E-state index in [2.05, 4.69) is 15.8 Å². The number of hydrazone groups is 1. The molecule has 0 bridgehead atoms. The van der Waals surface area contributed by atoms with Crippen LogP contribution >= 0.6 is 11.6 Å². The minimum atomic E-state index is -0.407. The Hall–Kier alpha value is -2.79. The number of aryl methyl sites for hydroxylation is 2. The van der Waals surface area contributed by atoms with E-state index in [-0.39, 0.29) is 0 Å². The largest absolute Gasteiger partial charge is 0.339 e. The van der Waals surface area contributed by atoms with Gasteiger partial charge in [-0.3, -0.25) is 0 Å². The van der Waals surface area contributed by atoms with Crippen LogP contribution in [0.5, 0.6) is 0 Å². The number of hydrogen-bond acceptors (Lipinski definition) is 2. The van der Waals surface area contributed by atoms with Gasteiger partial charge in [0, 0.05) is 28.7 Å². The number of fused-ring (bicyclic) bond motifs is 1. The van der Waals surface area contributed by atoms with Crippen LogP contribution in [0.15, 0.2) is 53.6 Å². The van der Waals surface area contributed by atoms with Crippen molar-refractivity contribution in [2.45, 2.75) is 20.4 Å². The van der Waals surface area contributed by atoms with E-state index < -0.39 is 6.03 Å². The molecule has 0 saturated heterocycles. The molecular weight excluding hydrogens is 336 g/mol. The van der Waals surface area contributed by atoms with Crippen LogP contribution in [-0.2, 0) is 6.54 Å². The second kappa shape index (κ2) is 7.40. The van der Waals surface area contributed by atoms with Crippen molar-refractivity contribution in [1.29, 1.82) is 0 Å². The molecule has 1 aromatic heterocycles. The molecule has 0 atom stereocenters. The summed E-state index contributed by atoms with van der Waals surface area (Å²) in [6.07, 6.45) is 1.57. The van der Waals surface area contributed by atoms with E-state index in [4.69, 9.17) is 11.6 Å². The minimum absolute atomic E-state index is 0.407. The number of carbonyl (C=O) groups excluding carboxylic acids is 1. The average Bonchev–Trinajstić information content (AvgIpc) is 2.88. The monoisotopic (exact) mass is 354 g/mol. The summed E-state index contributed by atoms with van der Waals surface area (Å²) in [5, 5.41) is 8.35. The number of anilines is 1. The highest BCUT2D eigenvalue weighted by atomic mass is 35.5. The molecule has 2 N–H and O–H groups in total. The molecule has 0 aliphatic heterocycles. The van der Waals surface area contributed by atoms with Gasteiger partial charge in [-0.05, 0) is 32.0 Å². The minimum Gasteiger partial charge on any atom is -0.331 e. The summed E-state index contributed by atoms with van der Waals surface area (Å²) in [4.78, 5) is 11.9. The smallest absolute Gasteiger partial charge is 0.331 e. The molecule has 2 amide bonds. The fourth-order valence-corrected chi connectivity index (χ4v) is 3.04. The van der Waals surface area contributed by atoms with Crippen molar-refractivity contribution in [3.05, 3.63) is 64.8 Å². The van der Waals surface area contributed by atoms with E-state index >= 15 is 0 Å². The van der Waals surface area contributed by atoms with Gasteiger partial charge >= 0.3 is 6.03 Å². The van der Waals surface area contributed by atoms with Gasteiger partial charge in [-0.15, -0.1) is 0 Å².